The molecular formula is C29H34N2O. The molecule has 1 heterocycles. The third-order valence-electron chi connectivity index (χ3n) is 4.98. The van der Waals surface area contributed by atoms with Gasteiger partial charge >= 0.3 is 0 Å². The van der Waals surface area contributed by atoms with Gasteiger partial charge in [0, 0.05) is 36.6 Å². The second kappa shape index (κ2) is 11.4. The smallest absolute Gasteiger partial charge is 0.120 e. The molecule has 0 N–H and O–H groups in total. The number of likely N-dealkylation sites (N-methyl/N-ethyl adjacent to an activating group) is 1. The van der Waals surface area contributed by atoms with E-state index < -0.39 is 0 Å². The third kappa shape index (κ3) is 7.80. The number of allylic oxidation sites excluding steroid dienone is 1. The molecular weight excluding hydrogens is 392 g/mol. The van der Waals surface area contributed by atoms with Crippen molar-refractivity contribution in [1.82, 2.24) is 9.47 Å². The van der Waals surface area contributed by atoms with Gasteiger partial charge in [0.05, 0.1) is 0 Å². The normalized spacial score (nSPS) is 11.5. The van der Waals surface area contributed by atoms with Crippen LogP contribution in [0.25, 0.3) is 5.69 Å². The maximum atomic E-state index is 6.11. The van der Waals surface area contributed by atoms with E-state index in [0.717, 1.165) is 36.6 Å². The molecule has 2 aromatic carbocycles. The number of hydrogen-bond acceptors (Lipinski definition) is 2. The van der Waals surface area contributed by atoms with Gasteiger partial charge in [0.15, 0.2) is 0 Å². The minimum absolute atomic E-state index is 0.0405. The predicted molar refractivity (Wildman–Crippen MR) is 134 cm³/mol. The summed E-state index contributed by atoms with van der Waals surface area (Å²) in [5.41, 5.74) is 3.58. The quantitative estimate of drug-likeness (QED) is 0.364. The van der Waals surface area contributed by atoms with Crippen LogP contribution >= 0.6 is 0 Å². The molecule has 0 fully saturated rings. The largest absolute Gasteiger partial charge is 0.489 e. The Hall–Kier alpha value is -3.22. The van der Waals surface area contributed by atoms with Gasteiger partial charge in [-0.3, -0.25) is 4.90 Å². The Kier molecular flexibility index (Phi) is 8.36. The fourth-order valence-corrected chi connectivity index (χ4v) is 3.30. The molecule has 0 amide bonds. The first-order valence-electron chi connectivity index (χ1n) is 11.3. The average molecular weight is 427 g/mol. The third-order valence-corrected chi connectivity index (χ3v) is 4.98. The highest BCUT2D eigenvalue weighted by atomic mass is 16.5. The van der Waals surface area contributed by atoms with E-state index in [2.05, 4.69) is 110 Å². The number of nitrogens with zero attached hydrogens (tertiary/aromatic N) is 2. The van der Waals surface area contributed by atoms with Gasteiger partial charge in [0.2, 0.25) is 0 Å². The van der Waals surface area contributed by atoms with Gasteiger partial charge in [-0.2, -0.15) is 0 Å². The molecule has 32 heavy (non-hydrogen) atoms. The first-order chi connectivity index (χ1) is 15.4. The zero-order valence-corrected chi connectivity index (χ0v) is 19.7. The zero-order valence-electron chi connectivity index (χ0n) is 19.7. The van der Waals surface area contributed by atoms with Crippen molar-refractivity contribution in [3.63, 3.8) is 0 Å². The molecule has 0 saturated carbocycles. The Bertz CT molecular complexity index is 1060. The minimum atomic E-state index is 0.0405. The van der Waals surface area contributed by atoms with Crippen LogP contribution in [-0.4, -0.2) is 22.6 Å². The Morgan fingerprint density at radius 1 is 0.969 bits per heavy atom. The molecule has 1 aromatic heterocycles. The standard InChI is InChI=1S/C29H34N2O/c1-5-30(18-8-6-7-17-29(2,3)4)23-25-13-12-16-28(22-25)32-24-26-14-11-15-27(21-26)31-19-9-10-20-31/h6,8-16,19-22H,5,18,23-24H2,1-4H3. The molecule has 0 bridgehead atoms. The summed E-state index contributed by atoms with van der Waals surface area (Å²) in [5, 5.41) is 0. The second-order valence-corrected chi connectivity index (χ2v) is 8.95. The number of hydrogen-bond donors (Lipinski definition) is 0. The van der Waals surface area contributed by atoms with Crippen LogP contribution in [0.1, 0.15) is 38.8 Å². The van der Waals surface area contributed by atoms with E-state index in [-0.39, 0.29) is 5.41 Å². The van der Waals surface area contributed by atoms with Crippen molar-refractivity contribution >= 4 is 0 Å². The Morgan fingerprint density at radius 2 is 1.72 bits per heavy atom. The molecule has 166 valence electrons. The Labute approximate surface area is 193 Å². The number of rotatable bonds is 9. The van der Waals surface area contributed by atoms with Crippen LogP contribution in [0.5, 0.6) is 5.75 Å². The lowest BCUT2D eigenvalue weighted by Crippen LogP contribution is -2.22. The van der Waals surface area contributed by atoms with Crippen LogP contribution in [0.4, 0.5) is 0 Å². The lowest BCUT2D eigenvalue weighted by atomic mass is 9.98. The molecule has 3 aromatic rings. The highest BCUT2D eigenvalue weighted by molar-refractivity contribution is 5.37. The lowest BCUT2D eigenvalue weighted by Gasteiger charge is -2.19. The van der Waals surface area contributed by atoms with Crippen molar-refractivity contribution in [1.29, 1.82) is 0 Å². The highest BCUT2D eigenvalue weighted by Crippen LogP contribution is 2.18. The molecule has 3 heteroatoms. The fourth-order valence-electron chi connectivity index (χ4n) is 3.30. The Balaban J connectivity index is 1.56. The van der Waals surface area contributed by atoms with Crippen molar-refractivity contribution in [3.8, 4) is 23.3 Å². The summed E-state index contributed by atoms with van der Waals surface area (Å²) in [7, 11) is 0. The topological polar surface area (TPSA) is 17.4 Å². The van der Waals surface area contributed by atoms with E-state index in [1.54, 1.807) is 0 Å². The average Bonchev–Trinajstić information content (AvgIpc) is 3.31. The summed E-state index contributed by atoms with van der Waals surface area (Å²) in [6.07, 6.45) is 8.21. The predicted octanol–water partition coefficient (Wildman–Crippen LogP) is 6.48. The van der Waals surface area contributed by atoms with E-state index in [1.165, 1.54) is 5.56 Å². The maximum absolute atomic E-state index is 6.11. The number of benzene rings is 2. The van der Waals surface area contributed by atoms with Gasteiger partial charge in [0.25, 0.3) is 0 Å². The molecule has 0 unspecified atom stereocenters. The molecule has 0 aliphatic carbocycles. The number of ether oxygens (including phenoxy) is 1. The van der Waals surface area contributed by atoms with Crippen molar-refractivity contribution in [2.45, 2.75) is 40.8 Å². The fraction of sp³-hybridized carbons (Fsp3) is 0.310. The first-order valence-corrected chi connectivity index (χ1v) is 11.3. The summed E-state index contributed by atoms with van der Waals surface area (Å²) in [4.78, 5) is 2.38. The van der Waals surface area contributed by atoms with Gasteiger partial charge < -0.3 is 9.30 Å². The van der Waals surface area contributed by atoms with Crippen LogP contribution in [-0.2, 0) is 13.2 Å². The van der Waals surface area contributed by atoms with E-state index in [0.29, 0.717) is 6.61 Å². The molecule has 0 atom stereocenters. The molecule has 0 aliphatic rings. The lowest BCUT2D eigenvalue weighted by molar-refractivity contribution is 0.299. The highest BCUT2D eigenvalue weighted by Gasteiger charge is 2.05. The van der Waals surface area contributed by atoms with Gasteiger partial charge in [-0.15, -0.1) is 0 Å². The SMILES string of the molecule is CCN(CC=CC#CC(C)(C)C)Cc1cccc(OCc2cccc(-n3cccc3)c2)c1. The maximum Gasteiger partial charge on any atom is 0.120 e. The van der Waals surface area contributed by atoms with Crippen molar-refractivity contribution < 1.29 is 4.74 Å². The van der Waals surface area contributed by atoms with Crippen molar-refractivity contribution in [2.24, 2.45) is 5.41 Å². The van der Waals surface area contributed by atoms with Gasteiger partial charge in [-0.05, 0) is 80.9 Å². The molecule has 3 nitrogen and oxygen atoms in total. The second-order valence-electron chi connectivity index (χ2n) is 8.95. The molecule has 0 radical (unpaired) electrons. The van der Waals surface area contributed by atoms with E-state index >= 15 is 0 Å². The Morgan fingerprint density at radius 3 is 2.47 bits per heavy atom. The van der Waals surface area contributed by atoms with Crippen molar-refractivity contribution in [3.05, 3.63) is 96.3 Å². The van der Waals surface area contributed by atoms with Crippen LogP contribution in [0.15, 0.2) is 85.2 Å². The van der Waals surface area contributed by atoms with Crippen molar-refractivity contribution in [2.75, 3.05) is 13.1 Å². The zero-order chi connectivity index (χ0) is 22.8. The van der Waals surface area contributed by atoms with E-state index in [9.17, 15) is 0 Å². The first kappa shape index (κ1) is 23.4. The molecule has 0 spiro atoms. The van der Waals surface area contributed by atoms with Crippen LogP contribution in [0, 0.1) is 17.3 Å². The summed E-state index contributed by atoms with van der Waals surface area (Å²) in [6, 6.07) is 20.9. The molecule has 0 aliphatic heterocycles. The number of aromatic nitrogens is 1. The summed E-state index contributed by atoms with van der Waals surface area (Å²) < 4.78 is 8.21. The summed E-state index contributed by atoms with van der Waals surface area (Å²) >= 11 is 0. The van der Waals surface area contributed by atoms with Crippen LogP contribution in [0.2, 0.25) is 0 Å². The van der Waals surface area contributed by atoms with Gasteiger partial charge in [-0.1, -0.05) is 49.1 Å². The van der Waals surface area contributed by atoms with Gasteiger partial charge in [0.1, 0.15) is 12.4 Å². The van der Waals surface area contributed by atoms with E-state index in [1.807, 2.05) is 24.3 Å². The van der Waals surface area contributed by atoms with Crippen LogP contribution in [0.3, 0.4) is 0 Å². The monoisotopic (exact) mass is 426 g/mol. The molecule has 0 saturated heterocycles. The van der Waals surface area contributed by atoms with Crippen LogP contribution < -0.4 is 4.74 Å². The summed E-state index contributed by atoms with van der Waals surface area (Å²) in [5.74, 6) is 7.28. The summed E-state index contributed by atoms with van der Waals surface area (Å²) in [6.45, 7) is 11.9. The molecule has 3 rings (SSSR count). The van der Waals surface area contributed by atoms with Gasteiger partial charge in [-0.25, -0.2) is 0 Å². The van der Waals surface area contributed by atoms with E-state index in [4.69, 9.17) is 4.74 Å². The minimum Gasteiger partial charge on any atom is -0.489 e.